The Morgan fingerprint density at radius 3 is 2.47 bits per heavy atom. The molecule has 0 aliphatic carbocycles. The van der Waals surface area contributed by atoms with Gasteiger partial charge in [-0.3, -0.25) is 9.48 Å². The van der Waals surface area contributed by atoms with Crippen LogP contribution in [0.15, 0.2) is 45.4 Å². The second-order valence-corrected chi connectivity index (χ2v) is 7.69. The quantitative estimate of drug-likeness (QED) is 0.617. The number of anilines is 2. The maximum absolute atomic E-state index is 13.1. The van der Waals surface area contributed by atoms with E-state index in [1.807, 2.05) is 37.3 Å². The maximum atomic E-state index is 13.1. The first-order chi connectivity index (χ1) is 15.5. The predicted octanol–water partition coefficient (Wildman–Crippen LogP) is 3.33. The molecular formula is C22H25N9O. The number of nitriles is 1. The van der Waals surface area contributed by atoms with Gasteiger partial charge in [-0.15, -0.1) is 10.2 Å². The van der Waals surface area contributed by atoms with Crippen LogP contribution in [-0.4, -0.2) is 32.4 Å². The molecule has 32 heavy (non-hydrogen) atoms. The van der Waals surface area contributed by atoms with Crippen molar-refractivity contribution in [1.82, 2.24) is 19.3 Å². The molecule has 0 atom stereocenters. The number of nitrogens with two attached hydrogens (primary N) is 1. The minimum Gasteiger partial charge on any atom is -0.382 e. The van der Waals surface area contributed by atoms with E-state index in [-0.39, 0.29) is 23.5 Å². The highest BCUT2D eigenvalue weighted by Gasteiger charge is 2.21. The zero-order valence-electron chi connectivity index (χ0n) is 18.2. The summed E-state index contributed by atoms with van der Waals surface area (Å²) in [5, 5.41) is 17.7. The van der Waals surface area contributed by atoms with Crippen molar-refractivity contribution >= 4 is 23.0 Å². The number of rotatable bonds is 5. The third kappa shape index (κ3) is 3.97. The van der Waals surface area contributed by atoms with Gasteiger partial charge in [0.2, 0.25) is 0 Å². The van der Waals surface area contributed by atoms with E-state index in [4.69, 9.17) is 11.0 Å². The zero-order chi connectivity index (χ0) is 22.7. The van der Waals surface area contributed by atoms with E-state index in [1.54, 1.807) is 16.4 Å². The van der Waals surface area contributed by atoms with Gasteiger partial charge in [0.1, 0.15) is 5.82 Å². The molecule has 1 aliphatic rings. The highest BCUT2D eigenvalue weighted by atomic mass is 16.1. The molecular weight excluding hydrogens is 406 g/mol. The van der Waals surface area contributed by atoms with Crippen molar-refractivity contribution in [1.29, 1.82) is 5.26 Å². The van der Waals surface area contributed by atoms with E-state index in [0.29, 0.717) is 23.0 Å². The first-order valence-electron chi connectivity index (χ1n) is 10.5. The van der Waals surface area contributed by atoms with Crippen LogP contribution in [0.2, 0.25) is 0 Å². The highest BCUT2D eigenvalue weighted by molar-refractivity contribution is 5.73. The van der Waals surface area contributed by atoms with Gasteiger partial charge in [-0.25, -0.2) is 14.6 Å². The smallest absolute Gasteiger partial charge is 0.299 e. The summed E-state index contributed by atoms with van der Waals surface area (Å²) in [5.74, 6) is 1.06. The van der Waals surface area contributed by atoms with Gasteiger partial charge in [-0.05, 0) is 38.3 Å². The fourth-order valence-corrected chi connectivity index (χ4v) is 3.85. The lowest BCUT2D eigenvalue weighted by Gasteiger charge is -2.28. The van der Waals surface area contributed by atoms with Gasteiger partial charge in [-0.2, -0.15) is 5.26 Å². The number of para-hydroxylation sites is 1. The number of hydrogen-bond acceptors (Lipinski definition) is 8. The van der Waals surface area contributed by atoms with Crippen molar-refractivity contribution in [2.75, 3.05) is 23.7 Å². The normalized spacial score (nSPS) is 14.1. The number of benzene rings is 1. The fourth-order valence-electron chi connectivity index (χ4n) is 3.85. The van der Waals surface area contributed by atoms with Gasteiger partial charge >= 0.3 is 0 Å². The molecule has 2 aromatic heterocycles. The van der Waals surface area contributed by atoms with Crippen LogP contribution in [0.4, 0.5) is 23.0 Å². The number of hydrogen-bond donors (Lipinski definition) is 1. The number of piperidine rings is 1. The lowest BCUT2D eigenvalue weighted by Crippen LogP contribution is -2.30. The van der Waals surface area contributed by atoms with Crippen molar-refractivity contribution < 1.29 is 0 Å². The van der Waals surface area contributed by atoms with Crippen LogP contribution < -0.4 is 16.2 Å². The van der Waals surface area contributed by atoms with Gasteiger partial charge in [0.25, 0.3) is 5.56 Å². The van der Waals surface area contributed by atoms with Crippen LogP contribution in [-0.2, 0) is 13.5 Å². The molecule has 10 heteroatoms. The van der Waals surface area contributed by atoms with Crippen LogP contribution in [0.3, 0.4) is 0 Å². The maximum Gasteiger partial charge on any atom is 0.299 e. The van der Waals surface area contributed by atoms with Crippen LogP contribution in [0.5, 0.6) is 0 Å². The predicted molar refractivity (Wildman–Crippen MR) is 122 cm³/mol. The standard InChI is InChI=1S/C22H25N9O/c1-15-18(22(32)31(29(15)2)16-9-5-3-6-10-16)27-28-19-20(24)25-17(11-12-23)26-21(19)30-13-7-4-8-14-30/h3,5-6,9-10H,4,7-8,11,13-14H2,1-2H3,(H2,24,25,26). The molecule has 1 aliphatic heterocycles. The van der Waals surface area contributed by atoms with Gasteiger partial charge < -0.3 is 10.6 Å². The summed E-state index contributed by atoms with van der Waals surface area (Å²) < 4.78 is 3.29. The van der Waals surface area contributed by atoms with Gasteiger partial charge in [0.05, 0.1) is 23.9 Å². The Morgan fingerprint density at radius 2 is 1.78 bits per heavy atom. The molecule has 0 radical (unpaired) electrons. The van der Waals surface area contributed by atoms with E-state index >= 15 is 0 Å². The first kappa shape index (κ1) is 21.2. The second-order valence-electron chi connectivity index (χ2n) is 7.69. The van der Waals surface area contributed by atoms with E-state index < -0.39 is 0 Å². The molecule has 1 saturated heterocycles. The fraction of sp³-hybridized carbons (Fsp3) is 0.364. The van der Waals surface area contributed by atoms with Crippen molar-refractivity contribution in [2.24, 2.45) is 17.3 Å². The molecule has 1 aromatic carbocycles. The van der Waals surface area contributed by atoms with Crippen molar-refractivity contribution in [3.63, 3.8) is 0 Å². The molecule has 1 fully saturated rings. The molecule has 0 spiro atoms. The summed E-state index contributed by atoms with van der Waals surface area (Å²) in [6.45, 7) is 3.45. The molecule has 0 unspecified atom stereocenters. The Morgan fingerprint density at radius 1 is 1.09 bits per heavy atom. The number of azo groups is 1. The van der Waals surface area contributed by atoms with E-state index in [2.05, 4.69) is 31.2 Å². The van der Waals surface area contributed by atoms with Gasteiger partial charge in [-0.1, -0.05) is 18.2 Å². The molecule has 0 amide bonds. The summed E-state index contributed by atoms with van der Waals surface area (Å²) in [6, 6.07) is 11.4. The molecule has 10 nitrogen and oxygen atoms in total. The summed E-state index contributed by atoms with van der Waals surface area (Å²) in [4.78, 5) is 24.0. The van der Waals surface area contributed by atoms with Crippen molar-refractivity contribution in [3.8, 4) is 11.8 Å². The van der Waals surface area contributed by atoms with Crippen molar-refractivity contribution in [2.45, 2.75) is 32.6 Å². The number of nitrogens with zero attached hydrogens (tertiary/aromatic N) is 8. The molecule has 0 bridgehead atoms. The monoisotopic (exact) mass is 431 g/mol. The van der Waals surface area contributed by atoms with Crippen LogP contribution in [0.25, 0.3) is 5.69 Å². The topological polar surface area (TPSA) is 130 Å². The minimum atomic E-state index is -0.278. The molecule has 2 N–H and O–H groups in total. The summed E-state index contributed by atoms with van der Waals surface area (Å²) in [5.41, 5.74) is 7.87. The lowest BCUT2D eigenvalue weighted by atomic mass is 10.1. The van der Waals surface area contributed by atoms with Crippen LogP contribution >= 0.6 is 0 Å². The Bertz CT molecular complexity index is 1250. The Kier molecular flexibility index (Phi) is 5.98. The SMILES string of the molecule is Cc1c(N=Nc2c(N)nc(CC#N)nc2N2CCCCC2)c(=O)n(-c2ccccc2)n1C. The van der Waals surface area contributed by atoms with E-state index in [9.17, 15) is 4.79 Å². The largest absolute Gasteiger partial charge is 0.382 e. The molecule has 4 rings (SSSR count). The number of nitrogen functional groups attached to an aromatic ring is 1. The average molecular weight is 432 g/mol. The van der Waals surface area contributed by atoms with Gasteiger partial charge in [0, 0.05) is 20.1 Å². The average Bonchev–Trinajstić information content (AvgIpc) is 3.02. The summed E-state index contributed by atoms with van der Waals surface area (Å²) >= 11 is 0. The third-order valence-corrected chi connectivity index (χ3v) is 5.61. The second kappa shape index (κ2) is 9.01. The summed E-state index contributed by atoms with van der Waals surface area (Å²) in [6.07, 6.45) is 3.28. The molecule has 3 heterocycles. The van der Waals surface area contributed by atoms with E-state index in [1.165, 1.54) is 0 Å². The molecule has 3 aromatic rings. The highest BCUT2D eigenvalue weighted by Crippen LogP contribution is 2.34. The molecule has 164 valence electrons. The Hall–Kier alpha value is -4.00. The van der Waals surface area contributed by atoms with E-state index in [0.717, 1.165) is 38.0 Å². The third-order valence-electron chi connectivity index (χ3n) is 5.61. The lowest BCUT2D eigenvalue weighted by molar-refractivity contribution is 0.572. The zero-order valence-corrected chi connectivity index (χ0v) is 18.2. The first-order valence-corrected chi connectivity index (χ1v) is 10.5. The van der Waals surface area contributed by atoms with Crippen LogP contribution in [0, 0.1) is 18.3 Å². The summed E-state index contributed by atoms with van der Waals surface area (Å²) in [7, 11) is 1.80. The number of aromatic nitrogens is 4. The minimum absolute atomic E-state index is 0.0576. The van der Waals surface area contributed by atoms with Crippen LogP contribution in [0.1, 0.15) is 30.8 Å². The Balaban J connectivity index is 1.79. The van der Waals surface area contributed by atoms with Crippen molar-refractivity contribution in [3.05, 3.63) is 52.2 Å². The van der Waals surface area contributed by atoms with Gasteiger partial charge in [0.15, 0.2) is 23.0 Å². The Labute approximate surface area is 185 Å². The molecule has 0 saturated carbocycles.